The maximum Gasteiger partial charge on any atom is 0.204 e. The van der Waals surface area contributed by atoms with Gasteiger partial charge in [0.2, 0.25) is 11.6 Å². The fourth-order valence-corrected chi connectivity index (χ4v) is 4.89. The van der Waals surface area contributed by atoms with Gasteiger partial charge in [-0.1, -0.05) is 60.7 Å². The highest BCUT2D eigenvalue weighted by Crippen LogP contribution is 2.24. The lowest BCUT2D eigenvalue weighted by molar-refractivity contribution is -0.366. The van der Waals surface area contributed by atoms with Crippen LogP contribution in [0.2, 0.25) is 0 Å². The second-order valence-corrected chi connectivity index (χ2v) is 26.3. The summed E-state index contributed by atoms with van der Waals surface area (Å²) in [4.78, 5) is 23.8. The molecule has 0 N–H and O–H groups in total. The molecule has 0 aliphatic carbocycles. The minimum absolute atomic E-state index is 0.266. The molecular formula is C24H38BFO4S2. The van der Waals surface area contributed by atoms with Crippen LogP contribution < -0.4 is 10.0 Å². The zero-order valence-electron chi connectivity index (χ0n) is 20.6. The predicted molar refractivity (Wildman–Crippen MR) is 140 cm³/mol. The number of halogens is 1. The molecule has 4 nitrogen and oxygen atoms in total. The molecule has 0 aliphatic rings. The molecule has 180 valence electrons. The third kappa shape index (κ3) is 18.0. The molecule has 0 spiro atoms. The lowest BCUT2D eigenvalue weighted by Gasteiger charge is -2.40. The van der Waals surface area contributed by atoms with Crippen LogP contribution in [0.3, 0.4) is 0 Å². The number of carbonyl (C=O) groups is 2. The van der Waals surface area contributed by atoms with Gasteiger partial charge < -0.3 is 14.4 Å². The average Bonchev–Trinajstić information content (AvgIpc) is 2.59. The van der Waals surface area contributed by atoms with Crippen molar-refractivity contribution in [3.63, 3.8) is 0 Å². The highest BCUT2D eigenvalue weighted by atomic mass is 32.3. The topological polar surface area (TPSA) is 80.3 Å². The Hall–Kier alpha value is -1.61. The lowest BCUT2D eigenvalue weighted by Crippen LogP contribution is -2.44. The number of rotatable bonds is 6. The zero-order chi connectivity index (χ0) is 25.3. The van der Waals surface area contributed by atoms with Crippen LogP contribution in [-0.4, -0.2) is 80.5 Å². The van der Waals surface area contributed by atoms with Crippen LogP contribution >= 0.6 is 0 Å². The van der Waals surface area contributed by atoms with E-state index in [1.165, 1.54) is 0 Å². The Balaban J connectivity index is 0.000000515. The summed E-state index contributed by atoms with van der Waals surface area (Å²) >= 11 is 0. The van der Waals surface area contributed by atoms with Crippen LogP contribution in [0.15, 0.2) is 60.7 Å². The van der Waals surface area contributed by atoms with E-state index in [2.05, 4.69) is 50.0 Å². The minimum Gasteiger partial charge on any atom is -0.867 e. The third-order valence-corrected chi connectivity index (χ3v) is 6.44. The van der Waals surface area contributed by atoms with Crippen LogP contribution in [0.5, 0.6) is 0 Å². The van der Waals surface area contributed by atoms with Gasteiger partial charge in [-0.3, -0.25) is 9.59 Å². The molecule has 0 fully saturated rings. The van der Waals surface area contributed by atoms with E-state index in [0.29, 0.717) is 11.5 Å². The molecule has 0 bridgehead atoms. The van der Waals surface area contributed by atoms with Crippen molar-refractivity contribution >= 4 is 37.3 Å². The molecule has 32 heavy (non-hydrogen) atoms. The molecule has 0 aromatic heterocycles. The largest absolute Gasteiger partial charge is 0.867 e. The molecule has 2 aromatic carbocycles. The van der Waals surface area contributed by atoms with Gasteiger partial charge >= 0.3 is 0 Å². The molecule has 8 heteroatoms. The van der Waals surface area contributed by atoms with Gasteiger partial charge in [-0.15, -0.1) is 0 Å². The van der Waals surface area contributed by atoms with Crippen LogP contribution in [0, 0.1) is 0 Å². The second kappa shape index (κ2) is 11.5. The first kappa shape index (κ1) is 30.4. The molecule has 0 heterocycles. The maximum atomic E-state index is 11.9. The second-order valence-electron chi connectivity index (χ2n) is 11.3. The van der Waals surface area contributed by atoms with Crippen molar-refractivity contribution in [1.29, 1.82) is 0 Å². The quantitative estimate of drug-likeness (QED) is 0.356. The Morgan fingerprint density at radius 1 is 0.656 bits per heavy atom. The molecule has 0 atom stereocenters. The van der Waals surface area contributed by atoms with E-state index in [0.717, 1.165) is 11.1 Å². The SMILES string of the molecule is C[S+](C)(C)(C)CC(=O)c1ccccc1.C[S+](C)(C)(C)CC(=O)c1ccccc1.[O-]B([O-])F. The smallest absolute Gasteiger partial charge is 0.204 e. The summed E-state index contributed by atoms with van der Waals surface area (Å²) in [5, 5.41) is 16.6. The molecule has 2 rings (SSSR count). The first-order chi connectivity index (χ1) is 14.2. The summed E-state index contributed by atoms with van der Waals surface area (Å²) in [5.74, 6) is 1.90. The van der Waals surface area contributed by atoms with Crippen molar-refractivity contribution in [2.75, 3.05) is 61.6 Å². The van der Waals surface area contributed by atoms with E-state index >= 15 is 0 Å². The standard InChI is InChI=1S/2C12H19OS.BFO2/c2*1-14(2,3,4)10-12(13)11-8-6-5-7-9-11;2-1(3)4/h2*5-9H,10H2,1-4H3;/q2*+1;-2. The van der Waals surface area contributed by atoms with Gasteiger partial charge in [0.05, 0.1) is 0 Å². The van der Waals surface area contributed by atoms with Gasteiger partial charge in [-0.2, -0.15) is 0 Å². The summed E-state index contributed by atoms with van der Waals surface area (Å²) in [6, 6.07) is 19.1. The van der Waals surface area contributed by atoms with Gasteiger partial charge in [0.1, 0.15) is 18.9 Å². The van der Waals surface area contributed by atoms with Crippen molar-refractivity contribution in [3.8, 4) is 0 Å². The number of carbonyl (C=O) groups excluding carboxylic acids is 2. The van der Waals surface area contributed by atoms with Crippen molar-refractivity contribution in [2.45, 2.75) is 0 Å². The number of hydrogen-bond donors (Lipinski definition) is 0. The fourth-order valence-electron chi connectivity index (χ4n) is 2.46. The van der Waals surface area contributed by atoms with Crippen molar-refractivity contribution in [3.05, 3.63) is 71.8 Å². The van der Waals surface area contributed by atoms with Crippen molar-refractivity contribution < 1.29 is 24.0 Å². The fraction of sp³-hybridized carbons (Fsp3) is 0.417. The molecule has 0 saturated heterocycles. The summed E-state index contributed by atoms with van der Waals surface area (Å²) in [5.41, 5.74) is 1.67. The van der Waals surface area contributed by atoms with Crippen LogP contribution in [-0.2, 0) is 18.3 Å². The van der Waals surface area contributed by atoms with E-state index in [9.17, 15) is 13.9 Å². The number of ketones is 2. The van der Waals surface area contributed by atoms with Gasteiger partial charge in [0.15, 0.2) is 0 Å². The summed E-state index contributed by atoms with van der Waals surface area (Å²) < 4.78 is 9.89. The van der Waals surface area contributed by atoms with Crippen LogP contribution in [0.25, 0.3) is 0 Å². The summed E-state index contributed by atoms with van der Waals surface area (Å²) in [6.45, 7) is 0. The molecule has 0 amide bonds. The first-order valence-corrected chi connectivity index (χ1v) is 17.7. The summed E-state index contributed by atoms with van der Waals surface area (Å²) in [6.07, 6.45) is 17.7. The molecule has 0 saturated carbocycles. The Kier molecular flexibility index (Phi) is 10.9. The van der Waals surface area contributed by atoms with E-state index < -0.39 is 25.7 Å². The van der Waals surface area contributed by atoms with Gasteiger partial charge in [0.25, 0.3) is 0 Å². The van der Waals surface area contributed by atoms with Crippen molar-refractivity contribution in [2.24, 2.45) is 0 Å². The van der Waals surface area contributed by atoms with E-state index in [1.54, 1.807) is 0 Å². The molecule has 2 aromatic rings. The Morgan fingerprint density at radius 2 is 0.875 bits per heavy atom. The Morgan fingerprint density at radius 3 is 1.06 bits per heavy atom. The highest BCUT2D eigenvalue weighted by molar-refractivity contribution is 8.29. The molecule has 0 aliphatic heterocycles. The van der Waals surface area contributed by atoms with Crippen molar-refractivity contribution in [1.82, 2.24) is 0 Å². The molecule has 0 radical (unpaired) electrons. The van der Waals surface area contributed by atoms with Gasteiger partial charge in [-0.25, -0.2) is 18.3 Å². The Bertz CT molecular complexity index is 778. The van der Waals surface area contributed by atoms with E-state index in [-0.39, 0.29) is 11.6 Å². The average molecular weight is 485 g/mol. The minimum atomic E-state index is -3.17. The zero-order valence-corrected chi connectivity index (χ0v) is 22.2. The predicted octanol–water partition coefficient (Wildman–Crippen LogP) is 1.82. The monoisotopic (exact) mass is 484 g/mol. The first-order valence-electron chi connectivity index (χ1n) is 9.97. The van der Waals surface area contributed by atoms with Gasteiger partial charge in [-0.05, 0) is 0 Å². The van der Waals surface area contributed by atoms with Crippen LogP contribution in [0.1, 0.15) is 20.7 Å². The third-order valence-electron chi connectivity index (χ3n) is 3.61. The number of benzene rings is 2. The maximum absolute atomic E-state index is 11.9. The normalized spacial score (nSPS) is 13.5. The van der Waals surface area contributed by atoms with E-state index in [4.69, 9.17) is 10.0 Å². The molecular weight excluding hydrogens is 446 g/mol. The lowest BCUT2D eigenvalue weighted by atomic mass is 10.2. The number of Topliss-reactive ketones (excluding diaryl/α,β-unsaturated/α-hetero) is 2. The highest BCUT2D eigenvalue weighted by Gasteiger charge is 2.29. The Labute approximate surface area is 194 Å². The molecule has 0 unspecified atom stereocenters. The summed E-state index contributed by atoms with van der Waals surface area (Å²) in [7, 11) is -6.12. The van der Waals surface area contributed by atoms with Gasteiger partial charge in [0, 0.05) is 61.2 Å². The van der Waals surface area contributed by atoms with Crippen LogP contribution in [0.4, 0.5) is 4.32 Å². The number of hydrogen-bond acceptors (Lipinski definition) is 4. The van der Waals surface area contributed by atoms with E-state index in [1.807, 2.05) is 60.7 Å².